The van der Waals surface area contributed by atoms with Crippen LogP contribution in [0.2, 0.25) is 0 Å². The second kappa shape index (κ2) is 28.2. The monoisotopic (exact) mass is 630 g/mol. The maximum Gasteiger partial charge on any atom is 2.00 e. The van der Waals surface area contributed by atoms with Crippen molar-refractivity contribution in [3.63, 3.8) is 0 Å². The molecule has 6 aliphatic rings. The van der Waals surface area contributed by atoms with E-state index in [-0.39, 0.29) is 27.6 Å². The van der Waals surface area contributed by atoms with Gasteiger partial charge >= 0.3 is 16.5 Å². The van der Waals surface area contributed by atoms with Crippen molar-refractivity contribution in [1.82, 2.24) is 0 Å². The molecule has 0 radical (unpaired) electrons. The zero-order valence-electron chi connectivity index (χ0n) is 22.8. The van der Waals surface area contributed by atoms with Crippen LogP contribution in [0, 0.1) is 0 Å². The van der Waals surface area contributed by atoms with Gasteiger partial charge in [0.05, 0.1) is 51.2 Å². The second-order valence-corrected chi connectivity index (χ2v) is 6.99. The quantitative estimate of drug-likeness (QED) is 0.374. The summed E-state index contributed by atoms with van der Waals surface area (Å²) in [6, 6.07) is 5.14. The third-order valence-electron chi connectivity index (χ3n) is 4.01. The van der Waals surface area contributed by atoms with Crippen LogP contribution in [0.15, 0.2) is 84.2 Å². The molecule has 6 heterocycles. The van der Waals surface area contributed by atoms with Gasteiger partial charge in [-0.15, -0.1) is 0 Å². The number of benzene rings is 1. The predicted molar refractivity (Wildman–Crippen MR) is 166 cm³/mol. The van der Waals surface area contributed by atoms with Crippen molar-refractivity contribution in [3.05, 3.63) is 35.4 Å². The first-order valence-corrected chi connectivity index (χ1v) is 12.1. The number of carbonyl (C=O) groups is 2. The van der Waals surface area contributed by atoms with E-state index >= 15 is 0 Å². The molecule has 0 amide bonds. The normalized spacial score (nSPS) is 14.9. The molecule has 16 nitrogen and oxygen atoms in total. The molecule has 226 valence electrons. The van der Waals surface area contributed by atoms with Gasteiger partial charge in [0.15, 0.2) is 0 Å². The largest absolute Gasteiger partial charge is 2.00 e. The molecule has 0 unspecified atom stereocenters. The molecule has 43 heavy (non-hydrogen) atoms. The average molecular weight is 631 g/mol. The van der Waals surface area contributed by atoms with Crippen LogP contribution >= 0.6 is 0 Å². The smallest absolute Gasteiger partial charge is 0.545 e. The fourth-order valence-corrected chi connectivity index (χ4v) is 2.25. The molecular formula is C26H28N12NiO4. The number of carboxylic acid groups (broad SMARTS) is 2. The van der Waals surface area contributed by atoms with Crippen LogP contribution in [-0.2, 0) is 16.5 Å². The minimum Gasteiger partial charge on any atom is -0.545 e. The molecule has 0 aliphatic carbocycles. The van der Waals surface area contributed by atoms with E-state index in [1.807, 2.05) is 0 Å². The van der Waals surface area contributed by atoms with Gasteiger partial charge in [-0.25, -0.2) is 30.0 Å². The SMILES string of the molecule is C1=NC=NC1.C1=NC=NC1.C1=NC=NC1.C1=NC=NC1.C1=NC=NC1.C1=NC=NC1.O=C([O-])c1ccccc1C(=O)[O-].[Ni+2]. The van der Waals surface area contributed by atoms with Crippen LogP contribution in [0.5, 0.6) is 0 Å². The van der Waals surface area contributed by atoms with E-state index < -0.39 is 11.9 Å². The molecule has 0 aromatic heterocycles. The van der Waals surface area contributed by atoms with Crippen LogP contribution in [0.1, 0.15) is 20.7 Å². The van der Waals surface area contributed by atoms with Crippen LogP contribution in [0.3, 0.4) is 0 Å². The molecule has 6 aliphatic heterocycles. The molecule has 7 rings (SSSR count). The van der Waals surface area contributed by atoms with Crippen molar-refractivity contribution in [2.24, 2.45) is 59.9 Å². The predicted octanol–water partition coefficient (Wildman–Crippen LogP) is -0.994. The van der Waals surface area contributed by atoms with Gasteiger partial charge in [-0.3, -0.25) is 30.0 Å². The summed E-state index contributed by atoms with van der Waals surface area (Å²) in [4.78, 5) is 65.1. The Kier molecular flexibility index (Phi) is 24.7. The number of carboxylic acids is 2. The first kappa shape index (κ1) is 37.7. The molecule has 0 saturated carbocycles. The minimum absolute atomic E-state index is 0. The molecular weight excluding hydrogens is 603 g/mol. The van der Waals surface area contributed by atoms with Gasteiger partial charge in [-0.05, 0) is 0 Å². The van der Waals surface area contributed by atoms with Gasteiger partial charge in [0, 0.05) is 48.4 Å². The summed E-state index contributed by atoms with van der Waals surface area (Å²) in [5.74, 6) is -3.04. The van der Waals surface area contributed by atoms with Crippen molar-refractivity contribution in [2.45, 2.75) is 0 Å². The van der Waals surface area contributed by atoms with E-state index in [1.54, 1.807) is 75.3 Å². The van der Waals surface area contributed by atoms with E-state index in [0.29, 0.717) is 0 Å². The summed E-state index contributed by atoms with van der Waals surface area (Å²) in [6.45, 7) is 4.67. The molecule has 0 atom stereocenters. The Morgan fingerprint density at radius 2 is 0.651 bits per heavy atom. The maximum atomic E-state index is 10.3. The number of hydrogen-bond acceptors (Lipinski definition) is 16. The molecule has 0 fully saturated rings. The van der Waals surface area contributed by atoms with Gasteiger partial charge in [0.25, 0.3) is 0 Å². The van der Waals surface area contributed by atoms with Crippen molar-refractivity contribution >= 4 is 87.3 Å². The number of aliphatic imine (C=N–C) groups is 12. The number of aromatic carboxylic acids is 2. The Bertz CT molecular complexity index is 1050. The first-order valence-electron chi connectivity index (χ1n) is 12.1. The summed E-state index contributed by atoms with van der Waals surface area (Å²) < 4.78 is 0. The number of rotatable bonds is 2. The zero-order valence-corrected chi connectivity index (χ0v) is 23.8. The first-order chi connectivity index (χ1) is 20.6. The fourth-order valence-electron chi connectivity index (χ4n) is 2.25. The third kappa shape index (κ3) is 23.1. The Labute approximate surface area is 257 Å². The fraction of sp³-hybridized carbons (Fsp3) is 0.231. The molecule has 1 aromatic rings. The molecule has 0 N–H and O–H groups in total. The van der Waals surface area contributed by atoms with E-state index in [2.05, 4.69) is 59.9 Å². The van der Waals surface area contributed by atoms with Gasteiger partial charge in [0.2, 0.25) is 0 Å². The third-order valence-corrected chi connectivity index (χ3v) is 4.01. The summed E-state index contributed by atoms with van der Waals surface area (Å²) in [5, 5.41) is 20.6. The standard InChI is InChI=1S/C8H6O4.6C3H4N2.Ni/c9-7(10)5-3-1-2-4-6(5)8(11)12;6*1-2-5-3-4-1;/h1-4H,(H,9,10)(H,11,12);6*1,3H,2H2;/q;;;;;;;+2/p-2. The van der Waals surface area contributed by atoms with Crippen LogP contribution in [0.25, 0.3) is 0 Å². The van der Waals surface area contributed by atoms with Gasteiger partial charge in [-0.2, -0.15) is 0 Å². The summed E-state index contributed by atoms with van der Waals surface area (Å²) in [6.07, 6.45) is 19.9. The van der Waals surface area contributed by atoms with E-state index in [1.165, 1.54) is 12.1 Å². The Balaban J connectivity index is 0.000000494. The maximum absolute atomic E-state index is 10.3. The van der Waals surface area contributed by atoms with Crippen LogP contribution < -0.4 is 10.2 Å². The molecule has 0 bridgehead atoms. The second-order valence-electron chi connectivity index (χ2n) is 6.99. The average Bonchev–Trinajstić information content (AvgIpc) is 3.92. The van der Waals surface area contributed by atoms with Crippen molar-refractivity contribution in [3.8, 4) is 0 Å². The van der Waals surface area contributed by atoms with Crippen molar-refractivity contribution < 1.29 is 36.3 Å². The number of hydrogen-bond donors (Lipinski definition) is 0. The topological polar surface area (TPSA) is 229 Å². The molecule has 1 aromatic carbocycles. The Morgan fingerprint density at radius 3 is 0.744 bits per heavy atom. The van der Waals surface area contributed by atoms with Crippen molar-refractivity contribution in [2.75, 3.05) is 39.3 Å². The van der Waals surface area contributed by atoms with E-state index in [4.69, 9.17) is 0 Å². The molecule has 17 heteroatoms. The van der Waals surface area contributed by atoms with Crippen LogP contribution in [0.4, 0.5) is 0 Å². The van der Waals surface area contributed by atoms with Gasteiger partial charge < -0.3 is 19.8 Å². The zero-order chi connectivity index (χ0) is 30.4. The summed E-state index contributed by atoms with van der Waals surface area (Å²) in [7, 11) is 0. The van der Waals surface area contributed by atoms with Crippen molar-refractivity contribution in [1.29, 1.82) is 0 Å². The van der Waals surface area contributed by atoms with Crippen LogP contribution in [-0.4, -0.2) is 127 Å². The Hall–Kier alpha value is -5.31. The Morgan fingerprint density at radius 1 is 0.442 bits per heavy atom. The van der Waals surface area contributed by atoms with Gasteiger partial charge in [0.1, 0.15) is 38.0 Å². The van der Waals surface area contributed by atoms with E-state index in [0.717, 1.165) is 51.4 Å². The summed E-state index contributed by atoms with van der Waals surface area (Å²) >= 11 is 0. The minimum atomic E-state index is -1.52. The van der Waals surface area contributed by atoms with Gasteiger partial charge in [-0.1, -0.05) is 24.3 Å². The number of carbonyl (C=O) groups excluding carboxylic acids is 2. The molecule has 0 spiro atoms. The van der Waals surface area contributed by atoms with E-state index in [9.17, 15) is 19.8 Å². The molecule has 0 saturated heterocycles. The number of nitrogens with zero attached hydrogens (tertiary/aromatic N) is 12. The summed E-state index contributed by atoms with van der Waals surface area (Å²) in [5.41, 5.74) is -0.727.